The van der Waals surface area contributed by atoms with Gasteiger partial charge in [0.1, 0.15) is 5.82 Å². The number of anilines is 2. The molecule has 0 fully saturated rings. The van der Waals surface area contributed by atoms with Crippen LogP contribution in [0.5, 0.6) is 0 Å². The van der Waals surface area contributed by atoms with Crippen LogP contribution in [0.4, 0.5) is 11.8 Å². The highest BCUT2D eigenvalue weighted by Crippen LogP contribution is 2.15. The van der Waals surface area contributed by atoms with E-state index in [1.165, 1.54) is 5.56 Å². The summed E-state index contributed by atoms with van der Waals surface area (Å²) >= 11 is 0. The lowest BCUT2D eigenvalue weighted by Gasteiger charge is -2.13. The SMILES string of the molecule is CC(CNc1ccnc(N)n1)c1ccccc1. The summed E-state index contributed by atoms with van der Waals surface area (Å²) in [6.45, 7) is 2.99. The van der Waals surface area contributed by atoms with Gasteiger partial charge in [0.25, 0.3) is 0 Å². The van der Waals surface area contributed by atoms with E-state index in [0.29, 0.717) is 11.9 Å². The highest BCUT2D eigenvalue weighted by molar-refractivity contribution is 5.38. The van der Waals surface area contributed by atoms with Gasteiger partial charge in [0.05, 0.1) is 0 Å². The van der Waals surface area contributed by atoms with Gasteiger partial charge in [-0.3, -0.25) is 0 Å². The molecule has 1 atom stereocenters. The van der Waals surface area contributed by atoms with Crippen LogP contribution in [0, 0.1) is 0 Å². The van der Waals surface area contributed by atoms with Crippen molar-refractivity contribution in [1.29, 1.82) is 0 Å². The van der Waals surface area contributed by atoms with Gasteiger partial charge in [0.15, 0.2) is 0 Å². The number of nitrogens with one attached hydrogen (secondary N) is 1. The Morgan fingerprint density at radius 1 is 1.24 bits per heavy atom. The summed E-state index contributed by atoms with van der Waals surface area (Å²) in [4.78, 5) is 7.95. The van der Waals surface area contributed by atoms with Gasteiger partial charge in [0.2, 0.25) is 5.95 Å². The quantitative estimate of drug-likeness (QED) is 0.842. The van der Waals surface area contributed by atoms with Crippen molar-refractivity contribution in [1.82, 2.24) is 9.97 Å². The molecule has 0 saturated heterocycles. The Bertz CT molecular complexity index is 470. The predicted molar refractivity (Wildman–Crippen MR) is 69.8 cm³/mol. The van der Waals surface area contributed by atoms with Crippen molar-refractivity contribution in [2.45, 2.75) is 12.8 Å². The minimum Gasteiger partial charge on any atom is -0.369 e. The Balaban J connectivity index is 1.95. The molecule has 1 heterocycles. The van der Waals surface area contributed by atoms with Crippen molar-refractivity contribution in [2.24, 2.45) is 0 Å². The average Bonchev–Trinajstić information content (AvgIpc) is 2.37. The molecule has 1 unspecified atom stereocenters. The van der Waals surface area contributed by atoms with E-state index >= 15 is 0 Å². The molecule has 0 radical (unpaired) electrons. The maximum Gasteiger partial charge on any atom is 0.221 e. The van der Waals surface area contributed by atoms with Crippen molar-refractivity contribution >= 4 is 11.8 Å². The maximum absolute atomic E-state index is 5.51. The molecule has 17 heavy (non-hydrogen) atoms. The summed E-state index contributed by atoms with van der Waals surface area (Å²) < 4.78 is 0. The van der Waals surface area contributed by atoms with Gasteiger partial charge in [-0.15, -0.1) is 0 Å². The van der Waals surface area contributed by atoms with E-state index < -0.39 is 0 Å². The summed E-state index contributed by atoms with van der Waals surface area (Å²) in [6.07, 6.45) is 1.65. The Labute approximate surface area is 101 Å². The van der Waals surface area contributed by atoms with Crippen molar-refractivity contribution in [3.63, 3.8) is 0 Å². The third kappa shape index (κ3) is 3.17. The number of benzene rings is 1. The van der Waals surface area contributed by atoms with E-state index in [0.717, 1.165) is 12.4 Å². The first kappa shape index (κ1) is 11.4. The minimum absolute atomic E-state index is 0.294. The molecule has 2 aromatic rings. The second-order valence-electron chi connectivity index (χ2n) is 3.99. The van der Waals surface area contributed by atoms with E-state index in [1.807, 2.05) is 12.1 Å². The molecule has 0 aliphatic heterocycles. The zero-order valence-corrected chi connectivity index (χ0v) is 9.80. The fourth-order valence-corrected chi connectivity index (χ4v) is 1.63. The molecule has 88 valence electrons. The first-order valence-electron chi connectivity index (χ1n) is 5.63. The van der Waals surface area contributed by atoms with E-state index in [-0.39, 0.29) is 0 Å². The molecule has 0 bridgehead atoms. The molecule has 1 aromatic heterocycles. The summed E-state index contributed by atoms with van der Waals surface area (Å²) in [5.74, 6) is 1.48. The van der Waals surface area contributed by atoms with Crippen molar-refractivity contribution in [2.75, 3.05) is 17.6 Å². The number of nitrogen functional groups attached to an aromatic ring is 1. The molecule has 2 rings (SSSR count). The van der Waals surface area contributed by atoms with Gasteiger partial charge in [-0.1, -0.05) is 37.3 Å². The minimum atomic E-state index is 0.294. The van der Waals surface area contributed by atoms with Crippen LogP contribution in [0.3, 0.4) is 0 Å². The van der Waals surface area contributed by atoms with E-state index in [9.17, 15) is 0 Å². The summed E-state index contributed by atoms with van der Waals surface area (Å²) in [5.41, 5.74) is 6.82. The molecule has 0 aliphatic rings. The molecule has 4 nitrogen and oxygen atoms in total. The average molecular weight is 228 g/mol. The molecule has 4 heteroatoms. The van der Waals surface area contributed by atoms with Crippen molar-refractivity contribution in [3.8, 4) is 0 Å². The van der Waals surface area contributed by atoms with Gasteiger partial charge in [0, 0.05) is 12.7 Å². The van der Waals surface area contributed by atoms with Crippen LogP contribution < -0.4 is 11.1 Å². The predicted octanol–water partition coefficient (Wildman–Crippen LogP) is 2.27. The highest BCUT2D eigenvalue weighted by Gasteiger charge is 2.04. The van der Waals surface area contributed by atoms with E-state index in [2.05, 4.69) is 46.5 Å². The molecule has 0 aliphatic carbocycles. The number of hydrogen-bond donors (Lipinski definition) is 2. The summed E-state index contributed by atoms with van der Waals surface area (Å²) in [7, 11) is 0. The molecular weight excluding hydrogens is 212 g/mol. The van der Waals surface area contributed by atoms with Crippen LogP contribution in [0.25, 0.3) is 0 Å². The number of nitrogens with two attached hydrogens (primary N) is 1. The van der Waals surface area contributed by atoms with E-state index in [4.69, 9.17) is 5.73 Å². The van der Waals surface area contributed by atoms with Crippen LogP contribution >= 0.6 is 0 Å². The van der Waals surface area contributed by atoms with Gasteiger partial charge in [-0.25, -0.2) is 4.98 Å². The number of rotatable bonds is 4. The largest absolute Gasteiger partial charge is 0.369 e. The third-order valence-corrected chi connectivity index (χ3v) is 2.63. The Hall–Kier alpha value is -2.10. The Morgan fingerprint density at radius 3 is 2.71 bits per heavy atom. The second-order valence-corrected chi connectivity index (χ2v) is 3.99. The summed E-state index contributed by atoms with van der Waals surface area (Å²) in [6, 6.07) is 12.2. The number of aromatic nitrogens is 2. The lowest BCUT2D eigenvalue weighted by molar-refractivity contribution is 0.801. The standard InChI is InChI=1S/C13H16N4/c1-10(11-5-3-2-4-6-11)9-16-12-7-8-15-13(14)17-12/h2-8,10H,9H2,1H3,(H3,14,15,16,17). The zero-order valence-electron chi connectivity index (χ0n) is 9.80. The molecular formula is C13H16N4. The smallest absolute Gasteiger partial charge is 0.221 e. The van der Waals surface area contributed by atoms with Gasteiger partial charge < -0.3 is 11.1 Å². The van der Waals surface area contributed by atoms with Gasteiger partial charge in [-0.2, -0.15) is 4.98 Å². The van der Waals surface area contributed by atoms with E-state index in [1.54, 1.807) is 6.20 Å². The van der Waals surface area contributed by atoms with Gasteiger partial charge in [-0.05, 0) is 17.5 Å². The zero-order chi connectivity index (χ0) is 12.1. The topological polar surface area (TPSA) is 63.8 Å². The normalized spacial score (nSPS) is 12.1. The number of hydrogen-bond acceptors (Lipinski definition) is 4. The van der Waals surface area contributed by atoms with Crippen LogP contribution in [-0.2, 0) is 0 Å². The highest BCUT2D eigenvalue weighted by atomic mass is 15.1. The lowest BCUT2D eigenvalue weighted by atomic mass is 10.0. The molecule has 0 amide bonds. The van der Waals surface area contributed by atoms with Crippen molar-refractivity contribution < 1.29 is 0 Å². The Morgan fingerprint density at radius 2 is 2.00 bits per heavy atom. The maximum atomic E-state index is 5.51. The van der Waals surface area contributed by atoms with Gasteiger partial charge >= 0.3 is 0 Å². The number of nitrogens with zero attached hydrogens (tertiary/aromatic N) is 2. The Kier molecular flexibility index (Phi) is 3.55. The van der Waals surface area contributed by atoms with Crippen LogP contribution in [-0.4, -0.2) is 16.5 Å². The molecule has 3 N–H and O–H groups in total. The first-order chi connectivity index (χ1) is 8.25. The molecule has 0 saturated carbocycles. The van der Waals surface area contributed by atoms with Crippen LogP contribution in [0.2, 0.25) is 0 Å². The molecule has 0 spiro atoms. The third-order valence-electron chi connectivity index (χ3n) is 2.63. The fraction of sp³-hybridized carbons (Fsp3) is 0.231. The lowest BCUT2D eigenvalue weighted by Crippen LogP contribution is -2.11. The first-order valence-corrected chi connectivity index (χ1v) is 5.63. The second kappa shape index (κ2) is 5.30. The summed E-state index contributed by atoms with van der Waals surface area (Å²) in [5, 5.41) is 3.25. The van der Waals surface area contributed by atoms with Crippen LogP contribution in [0.15, 0.2) is 42.6 Å². The van der Waals surface area contributed by atoms with Crippen molar-refractivity contribution in [3.05, 3.63) is 48.2 Å². The fourth-order valence-electron chi connectivity index (χ4n) is 1.63. The van der Waals surface area contributed by atoms with Crippen LogP contribution in [0.1, 0.15) is 18.4 Å². The monoisotopic (exact) mass is 228 g/mol. The molecule has 1 aromatic carbocycles.